The fourth-order valence-corrected chi connectivity index (χ4v) is 2.22. The van der Waals surface area contributed by atoms with Crippen molar-refractivity contribution in [2.75, 3.05) is 5.32 Å². The SMILES string of the molecule is N#Cc1csc(C(=O)Nc2cccc(Br)c2)n1. The first kappa shape index (κ1) is 11.8. The van der Waals surface area contributed by atoms with Gasteiger partial charge in [0.05, 0.1) is 0 Å². The van der Waals surface area contributed by atoms with E-state index in [4.69, 9.17) is 5.26 Å². The minimum atomic E-state index is -0.311. The van der Waals surface area contributed by atoms with Crippen LogP contribution in [-0.2, 0) is 0 Å². The number of thiazole rings is 1. The summed E-state index contributed by atoms with van der Waals surface area (Å²) in [7, 11) is 0. The lowest BCUT2D eigenvalue weighted by molar-refractivity contribution is 0.102. The third-order valence-corrected chi connectivity index (χ3v) is 3.23. The van der Waals surface area contributed by atoms with Crippen LogP contribution in [-0.4, -0.2) is 10.9 Å². The molecule has 0 radical (unpaired) electrons. The smallest absolute Gasteiger partial charge is 0.284 e. The van der Waals surface area contributed by atoms with Crippen molar-refractivity contribution < 1.29 is 4.79 Å². The van der Waals surface area contributed by atoms with Crippen molar-refractivity contribution in [3.63, 3.8) is 0 Å². The molecule has 0 aliphatic carbocycles. The number of rotatable bonds is 2. The van der Waals surface area contributed by atoms with Crippen molar-refractivity contribution in [2.24, 2.45) is 0 Å². The molecule has 4 nitrogen and oxygen atoms in total. The first-order valence-electron chi connectivity index (χ1n) is 4.61. The summed E-state index contributed by atoms with van der Waals surface area (Å²) in [5, 5.41) is 13.2. The summed E-state index contributed by atoms with van der Waals surface area (Å²) in [6, 6.07) is 9.14. The zero-order chi connectivity index (χ0) is 12.3. The highest BCUT2D eigenvalue weighted by molar-refractivity contribution is 9.10. The van der Waals surface area contributed by atoms with Crippen LogP contribution in [0.25, 0.3) is 0 Å². The van der Waals surface area contributed by atoms with Crippen molar-refractivity contribution in [3.8, 4) is 6.07 Å². The number of amides is 1. The van der Waals surface area contributed by atoms with Crippen molar-refractivity contribution in [3.05, 3.63) is 44.8 Å². The number of halogens is 1. The molecular weight excluding hydrogens is 302 g/mol. The number of anilines is 1. The summed E-state index contributed by atoms with van der Waals surface area (Å²) in [6.07, 6.45) is 0. The van der Waals surface area contributed by atoms with Crippen LogP contribution < -0.4 is 5.32 Å². The number of nitrogens with one attached hydrogen (secondary N) is 1. The van der Waals surface area contributed by atoms with Gasteiger partial charge in [0.2, 0.25) is 0 Å². The van der Waals surface area contributed by atoms with Crippen LogP contribution in [0.1, 0.15) is 15.5 Å². The molecule has 17 heavy (non-hydrogen) atoms. The van der Waals surface area contributed by atoms with Crippen LogP contribution in [0.2, 0.25) is 0 Å². The fraction of sp³-hybridized carbons (Fsp3) is 0. The second-order valence-electron chi connectivity index (χ2n) is 3.11. The Kier molecular flexibility index (Phi) is 3.52. The molecule has 1 amide bonds. The van der Waals surface area contributed by atoms with E-state index in [0.29, 0.717) is 5.69 Å². The minimum absolute atomic E-state index is 0.259. The third-order valence-electron chi connectivity index (χ3n) is 1.90. The van der Waals surface area contributed by atoms with Crippen LogP contribution >= 0.6 is 27.3 Å². The summed E-state index contributed by atoms with van der Waals surface area (Å²) in [5.74, 6) is -0.311. The van der Waals surface area contributed by atoms with Crippen molar-refractivity contribution in [1.29, 1.82) is 5.26 Å². The lowest BCUT2D eigenvalue weighted by Crippen LogP contribution is -2.11. The molecule has 1 aromatic carbocycles. The maximum absolute atomic E-state index is 11.8. The Morgan fingerprint density at radius 3 is 3.00 bits per heavy atom. The fourth-order valence-electron chi connectivity index (χ4n) is 1.18. The van der Waals surface area contributed by atoms with Crippen LogP contribution in [0, 0.1) is 11.3 Å². The van der Waals surface area contributed by atoms with Crippen LogP contribution in [0.5, 0.6) is 0 Å². The molecule has 84 valence electrons. The number of nitriles is 1. The van der Waals surface area contributed by atoms with Gasteiger partial charge in [-0.25, -0.2) is 4.98 Å². The monoisotopic (exact) mass is 307 g/mol. The molecule has 2 rings (SSSR count). The lowest BCUT2D eigenvalue weighted by Gasteiger charge is -2.02. The Bertz CT molecular complexity index is 603. The van der Waals surface area contributed by atoms with Crippen molar-refractivity contribution >= 4 is 38.9 Å². The Morgan fingerprint density at radius 1 is 1.53 bits per heavy atom. The van der Waals surface area contributed by atoms with Gasteiger partial charge < -0.3 is 5.32 Å². The molecule has 0 aliphatic rings. The number of hydrogen-bond donors (Lipinski definition) is 1. The van der Waals surface area contributed by atoms with E-state index >= 15 is 0 Å². The van der Waals surface area contributed by atoms with Gasteiger partial charge in [0.1, 0.15) is 6.07 Å². The molecule has 1 aromatic heterocycles. The predicted octanol–water partition coefficient (Wildman–Crippen LogP) is 3.03. The summed E-state index contributed by atoms with van der Waals surface area (Å²) in [5.41, 5.74) is 0.937. The number of carbonyl (C=O) groups excluding carboxylic acids is 1. The molecule has 0 aliphatic heterocycles. The summed E-state index contributed by atoms with van der Waals surface area (Å²) in [4.78, 5) is 15.6. The van der Waals surface area contributed by atoms with E-state index in [1.807, 2.05) is 18.2 Å². The normalized spacial score (nSPS) is 9.65. The summed E-state index contributed by atoms with van der Waals surface area (Å²) in [6.45, 7) is 0. The van der Waals surface area contributed by atoms with Crippen molar-refractivity contribution in [1.82, 2.24) is 4.98 Å². The largest absolute Gasteiger partial charge is 0.320 e. The van der Waals surface area contributed by atoms with Crippen LogP contribution in [0.3, 0.4) is 0 Å². The van der Waals surface area contributed by atoms with Gasteiger partial charge in [-0.3, -0.25) is 4.79 Å². The van der Waals surface area contributed by atoms with Gasteiger partial charge in [0.25, 0.3) is 5.91 Å². The number of carbonyl (C=O) groups is 1. The molecule has 0 atom stereocenters. The van der Waals surface area contributed by atoms with Gasteiger partial charge in [-0.05, 0) is 18.2 Å². The molecular formula is C11H6BrN3OS. The molecule has 6 heteroatoms. The van der Waals surface area contributed by atoms with Gasteiger partial charge in [0.15, 0.2) is 10.7 Å². The molecule has 0 saturated carbocycles. The highest BCUT2D eigenvalue weighted by Crippen LogP contribution is 2.17. The average Bonchev–Trinajstić information content (AvgIpc) is 2.77. The van der Waals surface area contributed by atoms with Gasteiger partial charge in [-0.1, -0.05) is 22.0 Å². The van der Waals surface area contributed by atoms with E-state index in [1.165, 1.54) is 0 Å². The van der Waals surface area contributed by atoms with Gasteiger partial charge >= 0.3 is 0 Å². The molecule has 0 saturated heterocycles. The summed E-state index contributed by atoms with van der Waals surface area (Å²) < 4.78 is 0.882. The quantitative estimate of drug-likeness (QED) is 0.927. The summed E-state index contributed by atoms with van der Waals surface area (Å²) >= 11 is 4.46. The molecule has 0 spiro atoms. The second kappa shape index (κ2) is 5.08. The zero-order valence-corrected chi connectivity index (χ0v) is 10.9. The molecule has 0 fully saturated rings. The third kappa shape index (κ3) is 2.90. The van der Waals surface area contributed by atoms with Gasteiger partial charge in [0, 0.05) is 15.5 Å². The second-order valence-corrected chi connectivity index (χ2v) is 4.89. The molecule has 1 heterocycles. The van der Waals surface area contributed by atoms with Gasteiger partial charge in [-0.15, -0.1) is 11.3 Å². The Labute approximate surface area is 110 Å². The zero-order valence-electron chi connectivity index (χ0n) is 8.48. The van der Waals surface area contributed by atoms with E-state index in [1.54, 1.807) is 17.5 Å². The van der Waals surface area contributed by atoms with Crippen molar-refractivity contribution in [2.45, 2.75) is 0 Å². The number of aromatic nitrogens is 1. The van der Waals surface area contributed by atoms with E-state index in [2.05, 4.69) is 26.2 Å². The lowest BCUT2D eigenvalue weighted by atomic mass is 10.3. The molecule has 0 bridgehead atoms. The molecule has 1 N–H and O–H groups in total. The standard InChI is InChI=1S/C11H6BrN3OS/c12-7-2-1-3-8(4-7)14-10(16)11-15-9(5-13)6-17-11/h1-4,6H,(H,14,16). The van der Waals surface area contributed by atoms with E-state index in [9.17, 15) is 4.79 Å². The van der Waals surface area contributed by atoms with Crippen LogP contribution in [0.4, 0.5) is 5.69 Å². The first-order valence-corrected chi connectivity index (χ1v) is 6.29. The molecule has 0 unspecified atom stereocenters. The predicted molar refractivity (Wildman–Crippen MR) is 68.9 cm³/mol. The first-order chi connectivity index (χ1) is 8.19. The average molecular weight is 308 g/mol. The maximum Gasteiger partial charge on any atom is 0.284 e. The highest BCUT2D eigenvalue weighted by atomic mass is 79.9. The Balaban J connectivity index is 2.14. The minimum Gasteiger partial charge on any atom is -0.320 e. The molecule has 2 aromatic rings. The number of benzene rings is 1. The Morgan fingerprint density at radius 2 is 2.35 bits per heavy atom. The topological polar surface area (TPSA) is 65.8 Å². The van der Waals surface area contributed by atoms with E-state index in [0.717, 1.165) is 15.8 Å². The maximum atomic E-state index is 11.8. The number of hydrogen-bond acceptors (Lipinski definition) is 4. The van der Waals surface area contributed by atoms with Gasteiger partial charge in [-0.2, -0.15) is 5.26 Å². The van der Waals surface area contributed by atoms with E-state index < -0.39 is 0 Å². The Hall–Kier alpha value is -1.71. The highest BCUT2D eigenvalue weighted by Gasteiger charge is 2.11. The van der Waals surface area contributed by atoms with Crippen LogP contribution in [0.15, 0.2) is 34.1 Å². The number of nitrogens with zero attached hydrogens (tertiary/aromatic N) is 2. The van der Waals surface area contributed by atoms with E-state index in [-0.39, 0.29) is 16.6 Å².